The van der Waals surface area contributed by atoms with Crippen molar-refractivity contribution in [3.63, 3.8) is 0 Å². The average Bonchev–Trinajstić information content (AvgIpc) is 2.99. The summed E-state index contributed by atoms with van der Waals surface area (Å²) in [6, 6.07) is 1.77. The van der Waals surface area contributed by atoms with E-state index in [0.717, 1.165) is 23.0 Å². The first kappa shape index (κ1) is 10.9. The summed E-state index contributed by atoms with van der Waals surface area (Å²) in [4.78, 5) is 15.5. The second-order valence-electron chi connectivity index (χ2n) is 3.57. The van der Waals surface area contributed by atoms with Crippen molar-refractivity contribution < 1.29 is 4.79 Å². The highest BCUT2D eigenvalue weighted by molar-refractivity contribution is 9.10. The van der Waals surface area contributed by atoms with Gasteiger partial charge in [0.15, 0.2) is 0 Å². The van der Waals surface area contributed by atoms with Crippen molar-refractivity contribution in [2.24, 2.45) is 5.92 Å². The molecule has 0 saturated heterocycles. The molecule has 0 aliphatic heterocycles. The molecule has 0 bridgehead atoms. The normalized spacial score (nSPS) is 15.1. The quantitative estimate of drug-likeness (QED) is 0.929. The lowest BCUT2D eigenvalue weighted by atomic mass is 10.3. The third-order valence-electron chi connectivity index (χ3n) is 2.26. The van der Waals surface area contributed by atoms with Gasteiger partial charge in [0.1, 0.15) is 0 Å². The smallest absolute Gasteiger partial charge is 0.223 e. The van der Waals surface area contributed by atoms with Crippen LogP contribution in [0.3, 0.4) is 0 Å². The van der Waals surface area contributed by atoms with Gasteiger partial charge >= 0.3 is 0 Å². The number of hydrogen-bond acceptors (Lipinski definition) is 2. The molecule has 1 aliphatic carbocycles. The molecule has 0 unspecified atom stereocenters. The average molecular weight is 290 g/mol. The summed E-state index contributed by atoms with van der Waals surface area (Å²) < 4.78 is 0.825. The number of halogens is 2. The van der Waals surface area contributed by atoms with Gasteiger partial charge in [0, 0.05) is 16.6 Å². The molecule has 1 aromatic heterocycles. The molecule has 1 aromatic rings. The Kier molecular flexibility index (Phi) is 3.26. The van der Waals surface area contributed by atoms with E-state index in [-0.39, 0.29) is 11.8 Å². The fraction of sp³-hybridized carbons (Fsp3) is 0.400. The van der Waals surface area contributed by atoms with Crippen molar-refractivity contribution in [2.75, 3.05) is 0 Å². The van der Waals surface area contributed by atoms with Crippen LogP contribution in [0, 0.1) is 5.92 Å². The maximum Gasteiger partial charge on any atom is 0.223 e. The zero-order chi connectivity index (χ0) is 10.8. The van der Waals surface area contributed by atoms with Crippen molar-refractivity contribution >= 4 is 33.4 Å². The molecular weight excluding hydrogens is 279 g/mol. The molecule has 1 amide bonds. The third kappa shape index (κ3) is 2.92. The van der Waals surface area contributed by atoms with E-state index in [9.17, 15) is 4.79 Å². The highest BCUT2D eigenvalue weighted by Crippen LogP contribution is 2.29. The second-order valence-corrected chi connectivity index (χ2v) is 4.86. The Bertz CT molecular complexity index is 393. The molecule has 5 heteroatoms. The number of pyridine rings is 1. The number of amides is 1. The number of carbonyl (C=O) groups excluding carboxylic acids is 1. The summed E-state index contributed by atoms with van der Waals surface area (Å²) in [6.07, 6.45) is 3.60. The Balaban J connectivity index is 1.95. The Hall–Kier alpha value is -0.610. The van der Waals surface area contributed by atoms with Gasteiger partial charge in [0.05, 0.1) is 17.3 Å². The lowest BCUT2D eigenvalue weighted by Crippen LogP contribution is -2.24. The molecule has 1 saturated carbocycles. The molecule has 1 aliphatic rings. The standard InChI is InChI=1S/C10H10BrClN2O/c11-8-3-7(12)4-13-9(8)5-14-10(15)6-1-2-6/h3-4,6H,1-2,5H2,(H,14,15). The topological polar surface area (TPSA) is 42.0 Å². The summed E-state index contributed by atoms with van der Waals surface area (Å²) >= 11 is 9.11. The van der Waals surface area contributed by atoms with Gasteiger partial charge < -0.3 is 5.32 Å². The van der Waals surface area contributed by atoms with Crippen molar-refractivity contribution in [3.05, 3.63) is 27.5 Å². The summed E-state index contributed by atoms with van der Waals surface area (Å²) in [7, 11) is 0. The van der Waals surface area contributed by atoms with E-state index < -0.39 is 0 Å². The van der Waals surface area contributed by atoms with Gasteiger partial charge in [0.2, 0.25) is 5.91 Å². The highest BCUT2D eigenvalue weighted by atomic mass is 79.9. The molecule has 15 heavy (non-hydrogen) atoms. The SMILES string of the molecule is O=C(NCc1ncc(Cl)cc1Br)C1CC1. The molecule has 0 aromatic carbocycles. The minimum Gasteiger partial charge on any atom is -0.350 e. The van der Waals surface area contributed by atoms with Gasteiger partial charge in [-0.1, -0.05) is 11.6 Å². The molecule has 80 valence electrons. The van der Waals surface area contributed by atoms with Crippen molar-refractivity contribution in [2.45, 2.75) is 19.4 Å². The molecule has 0 atom stereocenters. The molecule has 0 spiro atoms. The summed E-state index contributed by atoms with van der Waals surface area (Å²) in [6.45, 7) is 0.451. The Morgan fingerprint density at radius 3 is 3.00 bits per heavy atom. The Morgan fingerprint density at radius 2 is 2.40 bits per heavy atom. The fourth-order valence-corrected chi connectivity index (χ4v) is 2.01. The van der Waals surface area contributed by atoms with Gasteiger partial charge in [-0.25, -0.2) is 0 Å². The van der Waals surface area contributed by atoms with Gasteiger partial charge in [-0.05, 0) is 34.8 Å². The summed E-state index contributed by atoms with van der Waals surface area (Å²) in [5.74, 6) is 0.356. The van der Waals surface area contributed by atoms with E-state index in [1.807, 2.05) is 0 Å². The number of nitrogens with zero attached hydrogens (tertiary/aromatic N) is 1. The molecular formula is C10H10BrClN2O. The van der Waals surface area contributed by atoms with Crippen LogP contribution in [0.5, 0.6) is 0 Å². The van der Waals surface area contributed by atoms with Gasteiger partial charge in [-0.3, -0.25) is 9.78 Å². The number of hydrogen-bond donors (Lipinski definition) is 1. The van der Waals surface area contributed by atoms with Gasteiger partial charge in [-0.15, -0.1) is 0 Å². The zero-order valence-electron chi connectivity index (χ0n) is 7.96. The lowest BCUT2D eigenvalue weighted by molar-refractivity contribution is -0.122. The van der Waals surface area contributed by atoms with Crippen molar-refractivity contribution in [3.8, 4) is 0 Å². The van der Waals surface area contributed by atoms with Crippen LogP contribution in [0.1, 0.15) is 18.5 Å². The van der Waals surface area contributed by atoms with Crippen LogP contribution in [0.15, 0.2) is 16.7 Å². The van der Waals surface area contributed by atoms with Crippen LogP contribution in [0.25, 0.3) is 0 Å². The highest BCUT2D eigenvalue weighted by Gasteiger charge is 2.29. The van der Waals surface area contributed by atoms with Crippen LogP contribution < -0.4 is 5.32 Å². The van der Waals surface area contributed by atoms with Crippen LogP contribution in [-0.4, -0.2) is 10.9 Å². The summed E-state index contributed by atoms with van der Waals surface area (Å²) in [5, 5.41) is 3.43. The Labute approximate surface area is 101 Å². The minimum absolute atomic E-state index is 0.124. The van der Waals surface area contributed by atoms with E-state index in [0.29, 0.717) is 11.6 Å². The largest absolute Gasteiger partial charge is 0.350 e. The maximum absolute atomic E-state index is 11.4. The van der Waals surface area contributed by atoms with E-state index in [1.165, 1.54) is 0 Å². The van der Waals surface area contributed by atoms with E-state index >= 15 is 0 Å². The first-order valence-corrected chi connectivity index (χ1v) is 5.91. The van der Waals surface area contributed by atoms with Crippen molar-refractivity contribution in [1.82, 2.24) is 10.3 Å². The van der Waals surface area contributed by atoms with E-state index in [2.05, 4.69) is 26.2 Å². The predicted molar refractivity (Wildman–Crippen MR) is 61.5 cm³/mol. The molecule has 2 rings (SSSR count). The molecule has 1 N–H and O–H groups in total. The molecule has 1 fully saturated rings. The fourth-order valence-electron chi connectivity index (χ4n) is 1.23. The van der Waals surface area contributed by atoms with Gasteiger partial charge in [0.25, 0.3) is 0 Å². The summed E-state index contributed by atoms with van der Waals surface area (Å²) in [5.41, 5.74) is 0.799. The van der Waals surface area contributed by atoms with E-state index in [4.69, 9.17) is 11.6 Å². The lowest BCUT2D eigenvalue weighted by Gasteiger charge is -2.05. The van der Waals surface area contributed by atoms with Gasteiger partial charge in [-0.2, -0.15) is 0 Å². The first-order valence-electron chi connectivity index (χ1n) is 4.74. The first-order chi connectivity index (χ1) is 7.16. The van der Waals surface area contributed by atoms with Crippen LogP contribution in [0.2, 0.25) is 5.02 Å². The maximum atomic E-state index is 11.4. The van der Waals surface area contributed by atoms with Crippen LogP contribution >= 0.6 is 27.5 Å². The second kappa shape index (κ2) is 4.49. The zero-order valence-corrected chi connectivity index (χ0v) is 10.3. The number of carbonyl (C=O) groups is 1. The Morgan fingerprint density at radius 1 is 1.67 bits per heavy atom. The predicted octanol–water partition coefficient (Wildman–Crippen LogP) is 2.52. The number of nitrogens with one attached hydrogen (secondary N) is 1. The molecule has 0 radical (unpaired) electrons. The monoisotopic (exact) mass is 288 g/mol. The van der Waals surface area contributed by atoms with Crippen LogP contribution in [0.4, 0.5) is 0 Å². The third-order valence-corrected chi connectivity index (χ3v) is 3.16. The molecule has 3 nitrogen and oxygen atoms in total. The number of rotatable bonds is 3. The van der Waals surface area contributed by atoms with Crippen molar-refractivity contribution in [1.29, 1.82) is 0 Å². The number of aromatic nitrogens is 1. The minimum atomic E-state index is 0.124. The van der Waals surface area contributed by atoms with E-state index in [1.54, 1.807) is 12.3 Å². The van der Waals surface area contributed by atoms with Crippen LogP contribution in [-0.2, 0) is 11.3 Å². The molecule has 1 heterocycles.